The van der Waals surface area contributed by atoms with Crippen molar-refractivity contribution in [3.8, 4) is 67.3 Å². The van der Waals surface area contributed by atoms with Crippen LogP contribution in [0, 0.1) is 0 Å². The zero-order chi connectivity index (χ0) is 57.8. The Morgan fingerprint density at radius 1 is 0.415 bits per heavy atom. The molecule has 0 atom stereocenters. The summed E-state index contributed by atoms with van der Waals surface area (Å²) in [6, 6.07) is -12.3. The van der Waals surface area contributed by atoms with Crippen LogP contribution in [0.3, 0.4) is 0 Å². The van der Waals surface area contributed by atoms with Crippen LogP contribution in [-0.4, -0.2) is 9.97 Å². The summed E-state index contributed by atoms with van der Waals surface area (Å²) in [5.41, 5.74) is -5.72. The highest BCUT2D eigenvalue weighted by Gasteiger charge is 2.25. The Bertz CT molecular complexity index is 4340. The van der Waals surface area contributed by atoms with Crippen molar-refractivity contribution in [3.05, 3.63) is 194 Å². The second-order valence-electron chi connectivity index (χ2n) is 11.3. The van der Waals surface area contributed by atoms with Crippen LogP contribution in [0.15, 0.2) is 198 Å². The summed E-state index contributed by atoms with van der Waals surface area (Å²) in [5.74, 6) is -1.80. The van der Waals surface area contributed by atoms with Gasteiger partial charge in [0.25, 0.3) is 0 Å². The molecule has 0 saturated carbocycles. The summed E-state index contributed by atoms with van der Waals surface area (Å²) in [5, 5.41) is -0.0914. The predicted molar refractivity (Wildman–Crippen MR) is 219 cm³/mol. The van der Waals surface area contributed by atoms with E-state index in [0.29, 0.717) is 0 Å². The third-order valence-electron chi connectivity index (χ3n) is 8.39. The van der Waals surface area contributed by atoms with E-state index in [1.807, 2.05) is 0 Å². The Hall–Kier alpha value is -7.10. The van der Waals surface area contributed by atoms with Gasteiger partial charge in [0.15, 0.2) is 0 Å². The normalized spacial score (nSPS) is 18.3. The molecule has 0 amide bonds. The number of nitrogens with zero attached hydrogens (tertiary/aromatic N) is 2. The molecule has 0 N–H and O–H groups in total. The molecular weight excluding hydrogens is 645 g/mol. The maximum Gasteiger partial charge on any atom is 0.143 e. The summed E-state index contributed by atoms with van der Waals surface area (Å²) in [4.78, 5) is 8.77. The number of hydrogen-bond acceptors (Lipinski definition) is 3. The SMILES string of the molecule is [2H]c1nc2c(c([2H])c1[2H])c([2H])c([2H])c1c([2H])c([2H])c(-c3ccc(-c4c([2H])c([2H])c(-c5c(-c6c([2H])c([2H])c([2H])c([2H])c6[2H])oc(-c6c([2H])c([2H])c([2H])c([2H])c6[2H])c5-c5c([2H])c([2H])c([2H])c([2H])c5[2H])c([2H])c4[2H])c4ccccc34)nc12. The molecule has 0 aliphatic rings. The minimum Gasteiger partial charge on any atom is -0.455 e. The Morgan fingerprint density at radius 2 is 0.925 bits per heavy atom. The number of furan rings is 1. The molecule has 10 aromatic rings. The lowest BCUT2D eigenvalue weighted by Crippen LogP contribution is -1.91. The molecule has 7 aromatic carbocycles. The second kappa shape index (κ2) is 12.9. The molecule has 0 bridgehead atoms. The zero-order valence-corrected chi connectivity index (χ0v) is 26.8. The van der Waals surface area contributed by atoms with Crippen molar-refractivity contribution in [2.75, 3.05) is 0 Å². The van der Waals surface area contributed by atoms with Crippen LogP contribution < -0.4 is 0 Å². The van der Waals surface area contributed by atoms with Gasteiger partial charge in [-0.3, -0.25) is 4.98 Å². The first-order valence-electron chi connectivity index (χ1n) is 28.8. The number of rotatable bonds is 6. The van der Waals surface area contributed by atoms with Crippen molar-refractivity contribution in [1.29, 1.82) is 0 Å². The average Bonchev–Trinajstić information content (AvgIpc) is 3.96. The lowest BCUT2D eigenvalue weighted by atomic mass is 9.89. The summed E-state index contributed by atoms with van der Waals surface area (Å²) < 4.78 is 237. The van der Waals surface area contributed by atoms with Gasteiger partial charge < -0.3 is 4.42 Å². The molecule has 248 valence electrons. The van der Waals surface area contributed by atoms with Crippen molar-refractivity contribution in [2.45, 2.75) is 0 Å². The lowest BCUT2D eigenvalue weighted by molar-refractivity contribution is 0.599. The standard InChI is InChI=1S/C50H32N2O/c1-4-13-34(14-5-1)45-46(50(39-17-8-3-9-18-39)53-49(45)38-15-6-2-7-16-38)35-24-22-33(23-25-35)40-29-30-43(42-21-11-10-20-41(40)42)44-31-28-37-27-26-36-19-12-32-51-47(36)48(37)52-44/h1-32H/i1D,2D,3D,4D,5D,6D,7D,8D,9D,12D,13D,14D,15D,16D,17D,18D,19D,22D,23D,24D,25D,26D,27D,28D,31D,32D. The van der Waals surface area contributed by atoms with Crippen LogP contribution in [0.25, 0.3) is 99.9 Å². The fourth-order valence-electron chi connectivity index (χ4n) is 6.10. The predicted octanol–water partition coefficient (Wildman–Crippen LogP) is 13.5. The van der Waals surface area contributed by atoms with E-state index in [0.717, 1.165) is 0 Å². The fraction of sp³-hybridized carbons (Fsp3) is 0. The van der Waals surface area contributed by atoms with Gasteiger partial charge >= 0.3 is 0 Å². The highest BCUT2D eigenvalue weighted by molar-refractivity contribution is 6.07. The van der Waals surface area contributed by atoms with E-state index in [1.54, 1.807) is 18.2 Å². The van der Waals surface area contributed by atoms with E-state index < -0.39 is 208 Å². The first-order chi connectivity index (χ1) is 37.1. The highest BCUT2D eigenvalue weighted by atomic mass is 16.3. The van der Waals surface area contributed by atoms with Crippen molar-refractivity contribution < 1.29 is 40.1 Å². The van der Waals surface area contributed by atoms with Crippen molar-refractivity contribution in [2.24, 2.45) is 0 Å². The number of benzene rings is 7. The number of aromatic nitrogens is 2. The molecule has 3 nitrogen and oxygen atoms in total. The summed E-state index contributed by atoms with van der Waals surface area (Å²) in [6.07, 6.45) is -0.639. The molecule has 0 aliphatic carbocycles. The Morgan fingerprint density at radius 3 is 1.57 bits per heavy atom. The molecular formula is C50H32N2O. The van der Waals surface area contributed by atoms with Gasteiger partial charge in [0.1, 0.15) is 11.5 Å². The van der Waals surface area contributed by atoms with Gasteiger partial charge in [-0.15, -0.1) is 0 Å². The van der Waals surface area contributed by atoms with Gasteiger partial charge in [0.05, 0.1) is 52.4 Å². The van der Waals surface area contributed by atoms with Crippen LogP contribution in [0.4, 0.5) is 0 Å². The van der Waals surface area contributed by atoms with E-state index in [-0.39, 0.29) is 49.4 Å². The molecule has 3 heteroatoms. The minimum absolute atomic E-state index is 0.0186. The van der Waals surface area contributed by atoms with Gasteiger partial charge in [-0.05, 0) is 45.1 Å². The maximum atomic E-state index is 9.76. The summed E-state index contributed by atoms with van der Waals surface area (Å²) in [6.45, 7) is 0. The molecule has 0 aliphatic heterocycles. The van der Waals surface area contributed by atoms with E-state index in [2.05, 4.69) is 9.97 Å². The smallest absolute Gasteiger partial charge is 0.143 e. The summed E-state index contributed by atoms with van der Waals surface area (Å²) >= 11 is 0. The van der Waals surface area contributed by atoms with Gasteiger partial charge in [0.2, 0.25) is 0 Å². The molecule has 10 rings (SSSR count). The minimum atomic E-state index is -1.00. The van der Waals surface area contributed by atoms with Crippen molar-refractivity contribution in [3.63, 3.8) is 0 Å². The largest absolute Gasteiger partial charge is 0.455 e. The Labute approximate surface area is 344 Å². The number of fused-ring (bicyclic) bond motifs is 4. The van der Waals surface area contributed by atoms with Crippen LogP contribution in [0.1, 0.15) is 35.6 Å². The lowest BCUT2D eigenvalue weighted by Gasteiger charge is -2.13. The van der Waals surface area contributed by atoms with Crippen LogP contribution in [0.5, 0.6) is 0 Å². The molecule has 0 saturated heterocycles. The third kappa shape index (κ3) is 5.38. The zero-order valence-electron chi connectivity index (χ0n) is 52.8. The van der Waals surface area contributed by atoms with Gasteiger partial charge in [-0.25, -0.2) is 4.98 Å². The van der Waals surface area contributed by atoms with E-state index in [9.17, 15) is 5.48 Å². The molecule has 0 unspecified atom stereocenters. The van der Waals surface area contributed by atoms with Crippen LogP contribution in [-0.2, 0) is 0 Å². The molecule has 0 spiro atoms. The molecule has 0 radical (unpaired) electrons. The van der Waals surface area contributed by atoms with Crippen LogP contribution in [0.2, 0.25) is 0 Å². The van der Waals surface area contributed by atoms with Gasteiger partial charge in [-0.2, -0.15) is 0 Å². The first-order valence-corrected chi connectivity index (χ1v) is 15.8. The van der Waals surface area contributed by atoms with Gasteiger partial charge in [-0.1, -0.05) is 175 Å². The molecule has 0 fully saturated rings. The topological polar surface area (TPSA) is 38.9 Å². The molecule has 3 aromatic heterocycles. The first kappa shape index (κ1) is 14.1. The highest BCUT2D eigenvalue weighted by Crippen LogP contribution is 2.49. The fourth-order valence-corrected chi connectivity index (χ4v) is 6.10. The number of pyridine rings is 2. The second-order valence-corrected chi connectivity index (χ2v) is 11.3. The number of hydrogen-bond donors (Lipinski definition) is 0. The molecule has 53 heavy (non-hydrogen) atoms. The average molecular weight is 703 g/mol. The van der Waals surface area contributed by atoms with E-state index in [4.69, 9.17) is 34.6 Å². The van der Waals surface area contributed by atoms with Crippen LogP contribution >= 0.6 is 0 Å². The Balaban J connectivity index is 1.33. The maximum absolute atomic E-state index is 9.76. The van der Waals surface area contributed by atoms with E-state index in [1.165, 1.54) is 18.2 Å². The Kier molecular flexibility index (Phi) is 3.44. The monoisotopic (exact) mass is 702 g/mol. The van der Waals surface area contributed by atoms with Crippen molar-refractivity contribution in [1.82, 2.24) is 9.97 Å². The summed E-state index contributed by atoms with van der Waals surface area (Å²) in [7, 11) is 0. The van der Waals surface area contributed by atoms with E-state index >= 15 is 0 Å². The van der Waals surface area contributed by atoms with Crippen molar-refractivity contribution >= 4 is 32.6 Å². The van der Waals surface area contributed by atoms with Gasteiger partial charge in [0, 0.05) is 44.8 Å². The quantitative estimate of drug-likeness (QED) is 0.162. The molecule has 3 heterocycles. The third-order valence-corrected chi connectivity index (χ3v) is 8.39.